The predicted octanol–water partition coefficient (Wildman–Crippen LogP) is 4.02. The molecule has 1 aromatic heterocycles. The molecule has 1 spiro atoms. The van der Waals surface area contributed by atoms with E-state index in [9.17, 15) is 24.3 Å². The number of carbonyl (C=O) groups excluding carboxylic acids is 3. The summed E-state index contributed by atoms with van der Waals surface area (Å²) in [5.41, 5.74) is 3.83. The largest absolute Gasteiger partial charge is 0.507 e. The number of hydrogen-bond donors (Lipinski definition) is 3. The molecule has 2 atom stereocenters. The van der Waals surface area contributed by atoms with Gasteiger partial charge in [0, 0.05) is 18.0 Å². The Labute approximate surface area is 232 Å². The highest BCUT2D eigenvalue weighted by atomic mass is 35.5. The Morgan fingerprint density at radius 3 is 2.75 bits per heavy atom. The second kappa shape index (κ2) is 9.51. The van der Waals surface area contributed by atoms with Crippen molar-refractivity contribution in [3.8, 4) is 5.75 Å². The van der Waals surface area contributed by atoms with Gasteiger partial charge in [-0.15, -0.1) is 0 Å². The topological polar surface area (TPSA) is 144 Å². The number of benzene rings is 2. The first kappa shape index (κ1) is 26.1. The van der Waals surface area contributed by atoms with Crippen LogP contribution in [0.3, 0.4) is 0 Å². The molecule has 3 aliphatic rings. The number of anilines is 1. The molecule has 0 radical (unpaired) electrons. The summed E-state index contributed by atoms with van der Waals surface area (Å²) in [5, 5.41) is 13.1. The smallest absolute Gasteiger partial charge is 0.412 e. The molecule has 12 heteroatoms. The van der Waals surface area contributed by atoms with Crippen LogP contribution in [0, 0.1) is 11.7 Å². The van der Waals surface area contributed by atoms with Gasteiger partial charge in [0.1, 0.15) is 11.8 Å². The number of fused-ring (bicyclic) bond motifs is 3. The van der Waals surface area contributed by atoms with Gasteiger partial charge in [-0.1, -0.05) is 30.5 Å². The molecule has 1 aliphatic carbocycles. The lowest BCUT2D eigenvalue weighted by atomic mass is 9.82. The van der Waals surface area contributed by atoms with E-state index in [2.05, 4.69) is 5.32 Å². The van der Waals surface area contributed by atoms with Gasteiger partial charge >= 0.3 is 6.09 Å². The van der Waals surface area contributed by atoms with Crippen molar-refractivity contribution in [1.29, 1.82) is 0 Å². The molecule has 2 aliphatic heterocycles. The highest BCUT2D eigenvalue weighted by molar-refractivity contribution is 6.31. The third-order valence-corrected chi connectivity index (χ3v) is 8.30. The quantitative estimate of drug-likeness (QED) is 0.424. The minimum Gasteiger partial charge on any atom is -0.507 e. The molecule has 1 saturated heterocycles. The van der Waals surface area contributed by atoms with Gasteiger partial charge in [0.25, 0.3) is 11.5 Å². The van der Waals surface area contributed by atoms with Crippen molar-refractivity contribution in [2.75, 3.05) is 18.4 Å². The number of hydrogen-bond acceptors (Lipinski definition) is 6. The number of likely N-dealkylation sites (tertiary alicyclic amines) is 1. The first-order chi connectivity index (χ1) is 19.1. The molecule has 1 saturated carbocycles. The SMILES string of the molecule is NC(=O)c1cccc2c(O)cc(=O)n([C@@H](CC3CC3)C(=O)N3CCC[C@@]4(C3)OC(=O)Nc3ccc(Cl)c(F)c34)c12. The number of pyridine rings is 1. The lowest BCUT2D eigenvalue weighted by molar-refractivity contribution is -0.143. The van der Waals surface area contributed by atoms with Gasteiger partial charge in [-0.3, -0.25) is 24.3 Å². The van der Waals surface area contributed by atoms with E-state index in [1.807, 2.05) is 0 Å². The molecule has 3 aromatic rings. The Balaban J connectivity index is 1.46. The maximum atomic E-state index is 15.4. The average Bonchev–Trinajstić information content (AvgIpc) is 3.73. The van der Waals surface area contributed by atoms with Crippen molar-refractivity contribution in [2.45, 2.75) is 43.7 Å². The van der Waals surface area contributed by atoms with Gasteiger partial charge in [0.15, 0.2) is 11.4 Å². The van der Waals surface area contributed by atoms with Gasteiger partial charge in [0.05, 0.1) is 33.9 Å². The van der Waals surface area contributed by atoms with E-state index in [0.29, 0.717) is 12.8 Å². The molecule has 40 heavy (non-hydrogen) atoms. The van der Waals surface area contributed by atoms with Crippen molar-refractivity contribution >= 4 is 46.1 Å². The zero-order chi connectivity index (χ0) is 28.3. The van der Waals surface area contributed by atoms with Crippen LogP contribution in [-0.2, 0) is 15.1 Å². The lowest BCUT2D eigenvalue weighted by Gasteiger charge is -2.45. The second-order valence-electron chi connectivity index (χ2n) is 10.7. The third kappa shape index (κ3) is 4.25. The number of aromatic nitrogens is 1. The molecule has 3 heterocycles. The first-order valence-electron chi connectivity index (χ1n) is 13.0. The summed E-state index contributed by atoms with van der Waals surface area (Å²) in [5.74, 6) is -2.16. The minimum atomic E-state index is -1.48. The molecule has 4 N–H and O–H groups in total. The number of para-hydroxylation sites is 1. The second-order valence-corrected chi connectivity index (χ2v) is 11.1. The van der Waals surface area contributed by atoms with E-state index in [4.69, 9.17) is 22.1 Å². The van der Waals surface area contributed by atoms with E-state index in [-0.39, 0.29) is 63.9 Å². The van der Waals surface area contributed by atoms with E-state index in [1.54, 1.807) is 6.07 Å². The van der Waals surface area contributed by atoms with E-state index < -0.39 is 40.9 Å². The summed E-state index contributed by atoms with van der Waals surface area (Å²) in [6.07, 6.45) is 1.94. The Morgan fingerprint density at radius 1 is 1.25 bits per heavy atom. The normalized spacial score (nSPS) is 21.1. The number of ether oxygens (including phenoxy) is 1. The average molecular weight is 569 g/mol. The number of nitrogens with one attached hydrogen (secondary N) is 1. The molecule has 10 nitrogen and oxygen atoms in total. The summed E-state index contributed by atoms with van der Waals surface area (Å²) >= 11 is 6.08. The molecule has 2 aromatic carbocycles. The number of aromatic hydroxyl groups is 1. The summed E-state index contributed by atoms with van der Waals surface area (Å²) in [4.78, 5) is 54.0. The van der Waals surface area contributed by atoms with Crippen LogP contribution >= 0.6 is 11.6 Å². The number of amides is 3. The number of halogens is 2. The van der Waals surface area contributed by atoms with Gasteiger partial charge in [0.2, 0.25) is 5.91 Å². The zero-order valence-electron chi connectivity index (χ0n) is 21.3. The molecular weight excluding hydrogens is 543 g/mol. The van der Waals surface area contributed by atoms with Gasteiger partial charge < -0.3 is 20.5 Å². The highest BCUT2D eigenvalue weighted by Crippen LogP contribution is 2.46. The van der Waals surface area contributed by atoms with E-state index in [1.165, 1.54) is 33.7 Å². The fraction of sp³-hybridized carbons (Fsp3) is 0.357. The van der Waals surface area contributed by atoms with E-state index in [0.717, 1.165) is 18.9 Å². The Kier molecular flexibility index (Phi) is 6.21. The highest BCUT2D eigenvalue weighted by Gasteiger charge is 2.49. The van der Waals surface area contributed by atoms with Crippen molar-refractivity contribution < 1.29 is 28.6 Å². The summed E-state index contributed by atoms with van der Waals surface area (Å²) < 4.78 is 22.3. The van der Waals surface area contributed by atoms with Crippen LogP contribution in [0.5, 0.6) is 5.75 Å². The standard InChI is InChI=1S/C28H26ClFN4O6/c29-17-7-8-18-22(23(17)30)28(40-27(39)32-18)9-2-10-33(13-28)26(38)19(11-14-5-6-14)34-21(36)12-20(35)15-3-1-4-16(24(15)34)25(31)37/h1,3-4,7-8,12,14,19,35H,2,5-6,9-11,13H2,(H2,31,37)(H,32,39)/t19-,28-/m0/s1. The minimum absolute atomic E-state index is 0.00728. The van der Waals surface area contributed by atoms with E-state index >= 15 is 4.39 Å². The Bertz CT molecular complexity index is 1650. The molecular formula is C28H26ClFN4O6. The van der Waals surface area contributed by atoms with Crippen molar-refractivity contribution in [3.05, 3.63) is 68.7 Å². The number of carbonyl (C=O) groups is 3. The molecule has 208 valence electrons. The van der Waals surface area contributed by atoms with Crippen LogP contribution in [0.25, 0.3) is 10.9 Å². The lowest BCUT2D eigenvalue weighted by Crippen LogP contribution is -2.55. The predicted molar refractivity (Wildman–Crippen MR) is 144 cm³/mol. The van der Waals surface area contributed by atoms with Crippen molar-refractivity contribution in [2.24, 2.45) is 11.7 Å². The van der Waals surface area contributed by atoms with Crippen LogP contribution in [0.1, 0.15) is 54.1 Å². The molecule has 2 fully saturated rings. The Hall–Kier alpha value is -4.12. The van der Waals surface area contributed by atoms with Crippen molar-refractivity contribution in [3.63, 3.8) is 0 Å². The number of rotatable bonds is 5. The number of nitrogens with zero attached hydrogens (tertiary/aromatic N) is 2. The molecule has 6 rings (SSSR count). The number of nitrogens with two attached hydrogens (primary N) is 1. The van der Waals surface area contributed by atoms with Gasteiger partial charge in [-0.2, -0.15) is 0 Å². The van der Waals surface area contributed by atoms with Gasteiger partial charge in [-0.25, -0.2) is 9.18 Å². The molecule has 0 unspecified atom stereocenters. The summed E-state index contributed by atoms with van der Waals surface area (Å²) in [6.45, 7) is 0.121. The van der Waals surface area contributed by atoms with Gasteiger partial charge in [-0.05, 0) is 49.4 Å². The van der Waals surface area contributed by atoms with Crippen LogP contribution in [0.2, 0.25) is 5.02 Å². The maximum absolute atomic E-state index is 15.4. The molecule has 3 amide bonds. The fourth-order valence-electron chi connectivity index (χ4n) is 6.05. The number of primary amides is 1. The first-order valence-corrected chi connectivity index (χ1v) is 13.4. The summed E-state index contributed by atoms with van der Waals surface area (Å²) in [6, 6.07) is 7.32. The maximum Gasteiger partial charge on any atom is 0.412 e. The number of piperidine rings is 1. The van der Waals surface area contributed by atoms with Crippen LogP contribution in [-0.4, -0.2) is 45.6 Å². The third-order valence-electron chi connectivity index (χ3n) is 8.01. The van der Waals surface area contributed by atoms with Crippen LogP contribution in [0.15, 0.2) is 41.2 Å². The molecule has 0 bridgehead atoms. The summed E-state index contributed by atoms with van der Waals surface area (Å²) in [7, 11) is 0. The van der Waals surface area contributed by atoms with Crippen LogP contribution < -0.4 is 16.6 Å². The fourth-order valence-corrected chi connectivity index (χ4v) is 6.21. The zero-order valence-corrected chi connectivity index (χ0v) is 22.0. The monoisotopic (exact) mass is 568 g/mol. The van der Waals surface area contributed by atoms with Crippen molar-refractivity contribution in [1.82, 2.24) is 9.47 Å². The van der Waals surface area contributed by atoms with Crippen LogP contribution in [0.4, 0.5) is 14.9 Å². The Morgan fingerprint density at radius 2 is 2.02 bits per heavy atom.